The standard InChI is InChI=1S/C16H17N5/c1-10-4-5-11(2)13(8-10)14-6-7-16(19-18-14)21-15(17)9-12(3)20-21/h4-9H,17H2,1-3H3. The van der Waals surface area contributed by atoms with E-state index in [2.05, 4.69) is 47.3 Å². The average Bonchev–Trinajstić information content (AvgIpc) is 2.81. The maximum absolute atomic E-state index is 5.90. The zero-order valence-electron chi connectivity index (χ0n) is 12.3. The van der Waals surface area contributed by atoms with Crippen molar-refractivity contribution in [1.82, 2.24) is 20.0 Å². The third-order valence-electron chi connectivity index (χ3n) is 3.40. The predicted octanol–water partition coefficient (Wildman–Crippen LogP) is 2.84. The van der Waals surface area contributed by atoms with Gasteiger partial charge in [-0.15, -0.1) is 10.2 Å². The Morgan fingerprint density at radius 1 is 0.952 bits per heavy atom. The van der Waals surface area contributed by atoms with E-state index in [1.807, 2.05) is 19.1 Å². The Morgan fingerprint density at radius 2 is 1.76 bits per heavy atom. The van der Waals surface area contributed by atoms with Gasteiger partial charge in [-0.1, -0.05) is 17.7 Å². The van der Waals surface area contributed by atoms with Crippen LogP contribution >= 0.6 is 0 Å². The number of nitrogens with two attached hydrogens (primary N) is 1. The maximum atomic E-state index is 5.90. The van der Waals surface area contributed by atoms with E-state index < -0.39 is 0 Å². The van der Waals surface area contributed by atoms with Gasteiger partial charge >= 0.3 is 0 Å². The number of anilines is 1. The summed E-state index contributed by atoms with van der Waals surface area (Å²) in [5.41, 5.74) is 11.1. The highest BCUT2D eigenvalue weighted by molar-refractivity contribution is 5.64. The van der Waals surface area contributed by atoms with Crippen LogP contribution in [0.3, 0.4) is 0 Å². The summed E-state index contributed by atoms with van der Waals surface area (Å²) >= 11 is 0. The summed E-state index contributed by atoms with van der Waals surface area (Å²) in [5, 5.41) is 12.9. The highest BCUT2D eigenvalue weighted by Gasteiger charge is 2.08. The molecule has 106 valence electrons. The van der Waals surface area contributed by atoms with Crippen LogP contribution in [-0.2, 0) is 0 Å². The number of benzene rings is 1. The van der Waals surface area contributed by atoms with Crippen LogP contribution in [0.2, 0.25) is 0 Å². The lowest BCUT2D eigenvalue weighted by Crippen LogP contribution is -2.05. The zero-order valence-corrected chi connectivity index (χ0v) is 12.3. The zero-order chi connectivity index (χ0) is 15.0. The molecule has 3 aromatic rings. The van der Waals surface area contributed by atoms with Gasteiger partial charge in [-0.25, -0.2) is 0 Å². The summed E-state index contributed by atoms with van der Waals surface area (Å²) in [5.74, 6) is 1.18. The molecular weight excluding hydrogens is 262 g/mol. The Hall–Kier alpha value is -2.69. The van der Waals surface area contributed by atoms with Crippen molar-refractivity contribution in [2.24, 2.45) is 0 Å². The Morgan fingerprint density at radius 3 is 2.38 bits per heavy atom. The molecule has 0 aliphatic carbocycles. The second-order valence-electron chi connectivity index (χ2n) is 5.22. The minimum atomic E-state index is 0.557. The Balaban J connectivity index is 2.01. The van der Waals surface area contributed by atoms with Crippen molar-refractivity contribution in [3.05, 3.63) is 53.2 Å². The molecule has 21 heavy (non-hydrogen) atoms. The summed E-state index contributed by atoms with van der Waals surface area (Å²) in [6.07, 6.45) is 0. The molecule has 5 nitrogen and oxygen atoms in total. The fourth-order valence-electron chi connectivity index (χ4n) is 2.30. The summed E-state index contributed by atoms with van der Waals surface area (Å²) in [4.78, 5) is 0. The minimum absolute atomic E-state index is 0.557. The number of rotatable bonds is 2. The molecule has 0 radical (unpaired) electrons. The normalized spacial score (nSPS) is 10.8. The van der Waals surface area contributed by atoms with Gasteiger partial charge in [0, 0.05) is 11.6 Å². The van der Waals surface area contributed by atoms with Crippen LogP contribution in [0.1, 0.15) is 16.8 Å². The molecule has 0 unspecified atom stereocenters. The molecule has 2 heterocycles. The molecule has 0 bridgehead atoms. The van der Waals surface area contributed by atoms with Crippen LogP contribution in [0.15, 0.2) is 36.4 Å². The summed E-state index contributed by atoms with van der Waals surface area (Å²) in [6.45, 7) is 6.03. The van der Waals surface area contributed by atoms with E-state index in [0.717, 1.165) is 17.0 Å². The maximum Gasteiger partial charge on any atom is 0.178 e. The molecule has 0 aliphatic heterocycles. The van der Waals surface area contributed by atoms with Crippen molar-refractivity contribution < 1.29 is 0 Å². The summed E-state index contributed by atoms with van der Waals surface area (Å²) < 4.78 is 1.59. The molecule has 3 rings (SSSR count). The molecule has 2 N–H and O–H groups in total. The number of nitrogen functional groups attached to an aromatic ring is 1. The first kappa shape index (κ1) is 13.3. The Bertz CT molecular complexity index is 787. The topological polar surface area (TPSA) is 69.6 Å². The Kier molecular flexibility index (Phi) is 3.17. The SMILES string of the molecule is Cc1ccc(C)c(-c2ccc(-n3nc(C)cc3N)nn2)c1. The molecule has 0 amide bonds. The van der Waals surface area contributed by atoms with Gasteiger partial charge in [-0.3, -0.25) is 0 Å². The monoisotopic (exact) mass is 279 g/mol. The fraction of sp³-hybridized carbons (Fsp3) is 0.188. The number of hydrogen-bond acceptors (Lipinski definition) is 4. The molecule has 5 heteroatoms. The van der Waals surface area contributed by atoms with Gasteiger partial charge in [0.25, 0.3) is 0 Å². The fourth-order valence-corrected chi connectivity index (χ4v) is 2.30. The van der Waals surface area contributed by atoms with Crippen molar-refractivity contribution in [2.75, 3.05) is 5.73 Å². The molecule has 0 spiro atoms. The third-order valence-corrected chi connectivity index (χ3v) is 3.40. The van der Waals surface area contributed by atoms with E-state index in [1.54, 1.807) is 10.7 Å². The molecule has 0 saturated carbocycles. The number of hydrogen-bond donors (Lipinski definition) is 1. The van der Waals surface area contributed by atoms with E-state index in [-0.39, 0.29) is 0 Å². The van der Waals surface area contributed by atoms with E-state index in [1.165, 1.54) is 11.1 Å². The van der Waals surface area contributed by atoms with Gasteiger partial charge < -0.3 is 5.73 Å². The van der Waals surface area contributed by atoms with Crippen LogP contribution in [0, 0.1) is 20.8 Å². The lowest BCUT2D eigenvalue weighted by atomic mass is 10.0. The predicted molar refractivity (Wildman–Crippen MR) is 83.2 cm³/mol. The van der Waals surface area contributed by atoms with Gasteiger partial charge in [0.2, 0.25) is 0 Å². The lowest BCUT2D eigenvalue weighted by molar-refractivity contribution is 0.813. The van der Waals surface area contributed by atoms with Crippen molar-refractivity contribution >= 4 is 5.82 Å². The van der Waals surface area contributed by atoms with Crippen LogP contribution in [-0.4, -0.2) is 20.0 Å². The molecule has 1 aromatic carbocycles. The quantitative estimate of drug-likeness (QED) is 0.783. The highest BCUT2D eigenvalue weighted by atomic mass is 15.4. The second-order valence-corrected chi connectivity index (χ2v) is 5.22. The number of aromatic nitrogens is 4. The van der Waals surface area contributed by atoms with Crippen LogP contribution in [0.4, 0.5) is 5.82 Å². The first-order valence-electron chi connectivity index (χ1n) is 6.78. The smallest absolute Gasteiger partial charge is 0.178 e. The molecule has 0 aliphatic rings. The van der Waals surface area contributed by atoms with Crippen molar-refractivity contribution in [3.8, 4) is 17.1 Å². The van der Waals surface area contributed by atoms with Crippen molar-refractivity contribution in [2.45, 2.75) is 20.8 Å². The minimum Gasteiger partial charge on any atom is -0.384 e. The van der Waals surface area contributed by atoms with Gasteiger partial charge in [0.05, 0.1) is 11.4 Å². The van der Waals surface area contributed by atoms with E-state index in [0.29, 0.717) is 11.6 Å². The third kappa shape index (κ3) is 2.50. The van der Waals surface area contributed by atoms with E-state index in [9.17, 15) is 0 Å². The Labute approximate surface area is 123 Å². The van der Waals surface area contributed by atoms with Crippen LogP contribution in [0.5, 0.6) is 0 Å². The highest BCUT2D eigenvalue weighted by Crippen LogP contribution is 2.23. The van der Waals surface area contributed by atoms with Gasteiger partial charge in [0.15, 0.2) is 5.82 Å². The van der Waals surface area contributed by atoms with Gasteiger partial charge in [-0.2, -0.15) is 9.78 Å². The second kappa shape index (κ2) is 5.01. The molecular formula is C16H17N5. The summed E-state index contributed by atoms with van der Waals surface area (Å²) in [6, 6.07) is 11.9. The summed E-state index contributed by atoms with van der Waals surface area (Å²) in [7, 11) is 0. The molecule has 0 saturated heterocycles. The molecule has 0 fully saturated rings. The lowest BCUT2D eigenvalue weighted by Gasteiger charge is -2.07. The van der Waals surface area contributed by atoms with Crippen LogP contribution in [0.25, 0.3) is 17.1 Å². The first-order chi connectivity index (χ1) is 10.0. The van der Waals surface area contributed by atoms with Gasteiger partial charge in [-0.05, 0) is 44.5 Å². The van der Waals surface area contributed by atoms with Gasteiger partial charge in [0.1, 0.15) is 5.82 Å². The van der Waals surface area contributed by atoms with E-state index in [4.69, 9.17) is 5.73 Å². The largest absolute Gasteiger partial charge is 0.384 e. The van der Waals surface area contributed by atoms with Crippen molar-refractivity contribution in [1.29, 1.82) is 0 Å². The molecule has 2 aromatic heterocycles. The van der Waals surface area contributed by atoms with E-state index >= 15 is 0 Å². The number of aryl methyl sites for hydroxylation is 3. The van der Waals surface area contributed by atoms with Crippen molar-refractivity contribution in [3.63, 3.8) is 0 Å². The average molecular weight is 279 g/mol. The first-order valence-corrected chi connectivity index (χ1v) is 6.78. The molecule has 0 atom stereocenters. The van der Waals surface area contributed by atoms with Crippen LogP contribution < -0.4 is 5.73 Å². The number of nitrogens with zero attached hydrogens (tertiary/aromatic N) is 4.